The van der Waals surface area contributed by atoms with Crippen LogP contribution in [0.4, 0.5) is 0 Å². The quantitative estimate of drug-likeness (QED) is 0.621. The Morgan fingerprint density at radius 1 is 1.29 bits per heavy atom. The number of benzene rings is 1. The molecule has 0 heterocycles. The van der Waals surface area contributed by atoms with E-state index in [0.29, 0.717) is 16.0 Å². The molecule has 0 aromatic heterocycles. The van der Waals surface area contributed by atoms with Gasteiger partial charge in [0, 0.05) is 16.1 Å². The summed E-state index contributed by atoms with van der Waals surface area (Å²) < 4.78 is 0. The number of nitrogens with two attached hydrogens (primary N) is 1. The van der Waals surface area contributed by atoms with Gasteiger partial charge in [0.2, 0.25) is 0 Å². The van der Waals surface area contributed by atoms with E-state index in [9.17, 15) is 0 Å². The zero-order chi connectivity index (χ0) is 10.7. The van der Waals surface area contributed by atoms with E-state index in [1.165, 1.54) is 0 Å². The summed E-state index contributed by atoms with van der Waals surface area (Å²) in [5.41, 5.74) is 3.68. The molecule has 1 unspecified atom stereocenters. The summed E-state index contributed by atoms with van der Waals surface area (Å²) in [6.45, 7) is 4.14. The van der Waals surface area contributed by atoms with Gasteiger partial charge in [-0.1, -0.05) is 37.0 Å². The van der Waals surface area contributed by atoms with Crippen LogP contribution in [0.1, 0.15) is 25.5 Å². The molecule has 0 aliphatic carbocycles. The van der Waals surface area contributed by atoms with Crippen molar-refractivity contribution >= 4 is 23.2 Å². The maximum atomic E-state index is 6.06. The number of nitrogens with one attached hydrogen (secondary N) is 1. The molecule has 0 radical (unpaired) electrons. The smallest absolute Gasteiger partial charge is 0.0498 e. The third-order valence-electron chi connectivity index (χ3n) is 2.14. The summed E-state index contributed by atoms with van der Waals surface area (Å²) in [4.78, 5) is 0. The molecule has 3 N–H and O–H groups in total. The van der Waals surface area contributed by atoms with Gasteiger partial charge < -0.3 is 0 Å². The molecule has 0 amide bonds. The van der Waals surface area contributed by atoms with Gasteiger partial charge in [0.15, 0.2) is 0 Å². The Kier molecular flexibility index (Phi) is 4.20. The summed E-state index contributed by atoms with van der Waals surface area (Å²) in [5, 5.41) is 1.36. The van der Waals surface area contributed by atoms with Crippen LogP contribution in [0.3, 0.4) is 0 Å². The summed E-state index contributed by atoms with van der Waals surface area (Å²) in [5.74, 6) is 5.83. The van der Waals surface area contributed by atoms with Crippen molar-refractivity contribution in [2.45, 2.75) is 19.9 Å². The van der Waals surface area contributed by atoms with E-state index >= 15 is 0 Å². The van der Waals surface area contributed by atoms with Crippen LogP contribution in [-0.4, -0.2) is 0 Å². The zero-order valence-corrected chi connectivity index (χ0v) is 9.73. The van der Waals surface area contributed by atoms with Crippen LogP contribution < -0.4 is 11.3 Å². The van der Waals surface area contributed by atoms with Crippen LogP contribution in [0.15, 0.2) is 18.2 Å². The van der Waals surface area contributed by atoms with Crippen molar-refractivity contribution in [2.24, 2.45) is 11.8 Å². The number of hydrazine groups is 1. The molecule has 0 fully saturated rings. The number of hydrogen-bond donors (Lipinski definition) is 2. The lowest BCUT2D eigenvalue weighted by molar-refractivity contribution is 0.421. The fraction of sp³-hybridized carbons (Fsp3) is 0.400. The van der Waals surface area contributed by atoms with Gasteiger partial charge in [0.05, 0.1) is 0 Å². The second-order valence-corrected chi connectivity index (χ2v) is 4.40. The van der Waals surface area contributed by atoms with Gasteiger partial charge in [-0.2, -0.15) is 0 Å². The lowest BCUT2D eigenvalue weighted by atomic mass is 9.97. The molecule has 1 aromatic carbocycles. The first kappa shape index (κ1) is 11.8. The summed E-state index contributed by atoms with van der Waals surface area (Å²) in [7, 11) is 0. The van der Waals surface area contributed by atoms with Crippen molar-refractivity contribution in [3.05, 3.63) is 33.8 Å². The van der Waals surface area contributed by atoms with E-state index < -0.39 is 0 Å². The van der Waals surface area contributed by atoms with Gasteiger partial charge in [-0.25, -0.2) is 0 Å². The number of hydrogen-bond acceptors (Lipinski definition) is 2. The molecule has 0 aliphatic heterocycles. The molecule has 0 spiro atoms. The van der Waals surface area contributed by atoms with E-state index in [0.717, 1.165) is 5.56 Å². The molecule has 0 aliphatic rings. The standard InChI is InChI=1S/C10H14Cl2N2/c1-6(2)10(14-13)8-5-7(11)3-4-9(8)12/h3-6,10,14H,13H2,1-2H3. The lowest BCUT2D eigenvalue weighted by Gasteiger charge is -2.21. The van der Waals surface area contributed by atoms with Crippen molar-refractivity contribution in [3.8, 4) is 0 Å². The Bertz CT molecular complexity index is 313. The van der Waals surface area contributed by atoms with E-state index in [-0.39, 0.29) is 6.04 Å². The second kappa shape index (κ2) is 4.99. The number of rotatable bonds is 3. The van der Waals surface area contributed by atoms with Crippen LogP contribution in [0.2, 0.25) is 10.0 Å². The van der Waals surface area contributed by atoms with Crippen molar-refractivity contribution in [1.82, 2.24) is 5.43 Å². The average molecular weight is 233 g/mol. The largest absolute Gasteiger partial charge is 0.271 e. The van der Waals surface area contributed by atoms with Gasteiger partial charge in [-0.05, 0) is 29.7 Å². The van der Waals surface area contributed by atoms with Crippen LogP contribution in [-0.2, 0) is 0 Å². The van der Waals surface area contributed by atoms with Crippen molar-refractivity contribution in [1.29, 1.82) is 0 Å². The first-order chi connectivity index (χ1) is 6.56. The Balaban J connectivity index is 3.08. The molecule has 0 saturated carbocycles. The minimum atomic E-state index is 0.0289. The molecule has 78 valence electrons. The van der Waals surface area contributed by atoms with Crippen molar-refractivity contribution < 1.29 is 0 Å². The van der Waals surface area contributed by atoms with E-state index in [1.54, 1.807) is 12.1 Å². The maximum Gasteiger partial charge on any atom is 0.0498 e. The highest BCUT2D eigenvalue weighted by atomic mass is 35.5. The Hall–Kier alpha value is -0.280. The van der Waals surface area contributed by atoms with Gasteiger partial charge >= 0.3 is 0 Å². The van der Waals surface area contributed by atoms with Crippen LogP contribution in [0, 0.1) is 5.92 Å². The predicted octanol–water partition coefficient (Wildman–Crippen LogP) is 3.15. The molecule has 2 nitrogen and oxygen atoms in total. The molecule has 1 aromatic rings. The minimum Gasteiger partial charge on any atom is -0.271 e. The highest BCUT2D eigenvalue weighted by Gasteiger charge is 2.16. The highest BCUT2D eigenvalue weighted by Crippen LogP contribution is 2.29. The molecule has 0 bridgehead atoms. The van der Waals surface area contributed by atoms with Crippen LogP contribution in [0.25, 0.3) is 0 Å². The third-order valence-corrected chi connectivity index (χ3v) is 2.72. The number of halogens is 2. The first-order valence-electron chi connectivity index (χ1n) is 4.47. The van der Waals surface area contributed by atoms with E-state index in [1.807, 2.05) is 6.07 Å². The first-order valence-corrected chi connectivity index (χ1v) is 5.23. The predicted molar refractivity (Wildman–Crippen MR) is 61.4 cm³/mol. The fourth-order valence-corrected chi connectivity index (χ4v) is 1.81. The molecule has 4 heteroatoms. The normalized spacial score (nSPS) is 13.3. The Labute approximate surface area is 94.4 Å². The van der Waals surface area contributed by atoms with Gasteiger partial charge in [-0.3, -0.25) is 11.3 Å². The molecule has 1 rings (SSSR count). The van der Waals surface area contributed by atoms with E-state index in [2.05, 4.69) is 19.3 Å². The molecule has 1 atom stereocenters. The Morgan fingerprint density at radius 3 is 2.43 bits per heavy atom. The maximum absolute atomic E-state index is 6.06. The van der Waals surface area contributed by atoms with Crippen molar-refractivity contribution in [2.75, 3.05) is 0 Å². The topological polar surface area (TPSA) is 38.0 Å². The van der Waals surface area contributed by atoms with E-state index in [4.69, 9.17) is 29.0 Å². The monoisotopic (exact) mass is 232 g/mol. The van der Waals surface area contributed by atoms with Crippen LogP contribution in [0.5, 0.6) is 0 Å². The minimum absolute atomic E-state index is 0.0289. The highest BCUT2D eigenvalue weighted by molar-refractivity contribution is 6.33. The SMILES string of the molecule is CC(C)C(NN)c1cc(Cl)ccc1Cl. The van der Waals surface area contributed by atoms with Gasteiger partial charge in [0.25, 0.3) is 0 Å². The average Bonchev–Trinajstić information content (AvgIpc) is 2.11. The zero-order valence-electron chi connectivity index (χ0n) is 8.22. The summed E-state index contributed by atoms with van der Waals surface area (Å²) in [6.07, 6.45) is 0. The molecule has 0 saturated heterocycles. The molecular weight excluding hydrogens is 219 g/mol. The van der Waals surface area contributed by atoms with Gasteiger partial charge in [-0.15, -0.1) is 0 Å². The molecule has 14 heavy (non-hydrogen) atoms. The van der Waals surface area contributed by atoms with Crippen molar-refractivity contribution in [3.63, 3.8) is 0 Å². The Morgan fingerprint density at radius 2 is 1.93 bits per heavy atom. The van der Waals surface area contributed by atoms with Gasteiger partial charge in [0.1, 0.15) is 0 Å². The molecular formula is C10H14Cl2N2. The van der Waals surface area contributed by atoms with Crippen LogP contribution >= 0.6 is 23.2 Å². The summed E-state index contributed by atoms with van der Waals surface area (Å²) in [6, 6.07) is 5.42. The third kappa shape index (κ3) is 2.61. The fourth-order valence-electron chi connectivity index (χ4n) is 1.39. The lowest BCUT2D eigenvalue weighted by Crippen LogP contribution is -2.31. The summed E-state index contributed by atoms with van der Waals surface area (Å²) >= 11 is 12.0. The second-order valence-electron chi connectivity index (χ2n) is 3.55.